The third-order valence-corrected chi connectivity index (χ3v) is 4.89. The van der Waals surface area contributed by atoms with Gasteiger partial charge in [0.25, 0.3) is 0 Å². The number of hydrogen-bond acceptors (Lipinski definition) is 1. The maximum absolute atomic E-state index is 10.5. The fraction of sp³-hybridized carbons (Fsp3) is 0. The molecule has 2 rings (SSSR count). The Kier molecular flexibility index (Phi) is 3.55. The second-order valence-corrected chi connectivity index (χ2v) is 6.38. The van der Waals surface area contributed by atoms with Gasteiger partial charge in [-0.05, 0) is 0 Å². The molecule has 0 spiro atoms. The van der Waals surface area contributed by atoms with Crippen LogP contribution in [0.2, 0.25) is 0 Å². The normalized spacial score (nSPS) is 9.87. The van der Waals surface area contributed by atoms with Gasteiger partial charge in [-0.15, -0.1) is 0 Å². The van der Waals surface area contributed by atoms with Crippen molar-refractivity contribution < 1.29 is 4.79 Å². The molecule has 0 amide bonds. The molecule has 0 atom stereocenters. The number of hydrogen-bond donors (Lipinski definition) is 0. The summed E-state index contributed by atoms with van der Waals surface area (Å²) in [5.74, 6) is 0. The molecule has 2 heteroatoms. The van der Waals surface area contributed by atoms with E-state index in [1.807, 2.05) is 18.2 Å². The van der Waals surface area contributed by atoms with Crippen molar-refractivity contribution in [3.63, 3.8) is 0 Å². The standard InChI is InChI=1S/C13H10OTe/c14-10-11-6-8-13(9-7-11)15-12-4-2-1-3-5-12/h1-10H. The molecule has 0 fully saturated rings. The zero-order valence-electron chi connectivity index (χ0n) is 8.09. The summed E-state index contributed by atoms with van der Waals surface area (Å²) < 4.78 is 2.78. The van der Waals surface area contributed by atoms with Crippen LogP contribution in [-0.2, 0) is 0 Å². The first-order valence-electron chi connectivity index (χ1n) is 4.66. The maximum atomic E-state index is 10.5. The molecule has 0 unspecified atom stereocenters. The van der Waals surface area contributed by atoms with Crippen LogP contribution in [0.5, 0.6) is 0 Å². The van der Waals surface area contributed by atoms with Gasteiger partial charge in [0.2, 0.25) is 0 Å². The molecule has 0 aliphatic rings. The van der Waals surface area contributed by atoms with Gasteiger partial charge >= 0.3 is 99.4 Å². The molecular weight excluding hydrogens is 300 g/mol. The molecule has 2 aromatic rings. The van der Waals surface area contributed by atoms with E-state index in [-0.39, 0.29) is 20.9 Å². The number of aldehydes is 1. The minimum atomic E-state index is -0.291. The second kappa shape index (κ2) is 5.11. The quantitative estimate of drug-likeness (QED) is 0.614. The zero-order valence-corrected chi connectivity index (χ0v) is 10.4. The van der Waals surface area contributed by atoms with E-state index in [0.717, 1.165) is 11.8 Å². The number of carbonyl (C=O) groups excluding carboxylic acids is 1. The molecule has 0 saturated heterocycles. The minimum absolute atomic E-state index is 0.291. The van der Waals surface area contributed by atoms with Crippen molar-refractivity contribution in [2.24, 2.45) is 0 Å². The van der Waals surface area contributed by atoms with Crippen molar-refractivity contribution in [2.75, 3.05) is 0 Å². The molecule has 2 aromatic carbocycles. The van der Waals surface area contributed by atoms with Crippen LogP contribution in [0, 0.1) is 0 Å². The van der Waals surface area contributed by atoms with Crippen LogP contribution in [0.4, 0.5) is 0 Å². The molecule has 0 radical (unpaired) electrons. The van der Waals surface area contributed by atoms with Crippen molar-refractivity contribution in [1.82, 2.24) is 0 Å². The Hall–Kier alpha value is -1.10. The van der Waals surface area contributed by atoms with Gasteiger partial charge in [-0.3, -0.25) is 0 Å². The predicted octanol–water partition coefficient (Wildman–Crippen LogP) is 1.15. The van der Waals surface area contributed by atoms with Crippen LogP contribution in [-0.4, -0.2) is 27.2 Å². The number of benzene rings is 2. The Balaban J connectivity index is 2.15. The topological polar surface area (TPSA) is 17.1 Å². The summed E-state index contributed by atoms with van der Waals surface area (Å²) in [7, 11) is 0. The first kappa shape index (κ1) is 10.4. The van der Waals surface area contributed by atoms with Crippen molar-refractivity contribution in [3.8, 4) is 0 Å². The molecule has 0 aliphatic heterocycles. The average molecular weight is 310 g/mol. The summed E-state index contributed by atoms with van der Waals surface area (Å²) >= 11 is -0.291. The summed E-state index contributed by atoms with van der Waals surface area (Å²) in [5, 5.41) is 0. The van der Waals surface area contributed by atoms with E-state index < -0.39 is 0 Å². The van der Waals surface area contributed by atoms with Crippen molar-refractivity contribution in [1.29, 1.82) is 0 Å². The van der Waals surface area contributed by atoms with Gasteiger partial charge in [-0.25, -0.2) is 0 Å². The van der Waals surface area contributed by atoms with Gasteiger partial charge in [0, 0.05) is 0 Å². The van der Waals surface area contributed by atoms with E-state index in [1.165, 1.54) is 7.22 Å². The molecule has 1 nitrogen and oxygen atoms in total. The molecule has 74 valence electrons. The Morgan fingerprint density at radius 2 is 1.40 bits per heavy atom. The van der Waals surface area contributed by atoms with E-state index in [4.69, 9.17) is 0 Å². The fourth-order valence-electron chi connectivity index (χ4n) is 1.24. The van der Waals surface area contributed by atoms with Crippen LogP contribution in [0.25, 0.3) is 0 Å². The fourth-order valence-corrected chi connectivity index (χ4v) is 3.63. The third kappa shape index (κ3) is 2.92. The molecule has 0 aromatic heterocycles. The SMILES string of the molecule is O=Cc1ccc([Te]c2ccccc2)cc1. The van der Waals surface area contributed by atoms with Gasteiger partial charge in [-0.2, -0.15) is 0 Å². The Labute approximate surface area is 99.2 Å². The van der Waals surface area contributed by atoms with Gasteiger partial charge in [0.05, 0.1) is 0 Å². The summed E-state index contributed by atoms with van der Waals surface area (Å²) in [5.41, 5.74) is 0.749. The summed E-state index contributed by atoms with van der Waals surface area (Å²) in [6, 6.07) is 18.4. The molecule has 0 bridgehead atoms. The van der Waals surface area contributed by atoms with Crippen LogP contribution in [0.15, 0.2) is 54.6 Å². The van der Waals surface area contributed by atoms with E-state index in [9.17, 15) is 4.79 Å². The number of carbonyl (C=O) groups is 1. The van der Waals surface area contributed by atoms with Crippen molar-refractivity contribution >= 4 is 34.4 Å². The van der Waals surface area contributed by atoms with E-state index >= 15 is 0 Å². The molecule has 15 heavy (non-hydrogen) atoms. The Bertz CT molecular complexity index is 434. The summed E-state index contributed by atoms with van der Waals surface area (Å²) in [4.78, 5) is 10.5. The summed E-state index contributed by atoms with van der Waals surface area (Å²) in [6.07, 6.45) is 0.882. The molecule has 0 N–H and O–H groups in total. The van der Waals surface area contributed by atoms with Gasteiger partial charge < -0.3 is 0 Å². The molecule has 0 saturated carbocycles. The Morgan fingerprint density at radius 3 is 2.00 bits per heavy atom. The molecule has 0 aliphatic carbocycles. The monoisotopic (exact) mass is 312 g/mol. The van der Waals surface area contributed by atoms with Crippen LogP contribution in [0.1, 0.15) is 10.4 Å². The first-order valence-corrected chi connectivity index (χ1v) is 7.00. The second-order valence-electron chi connectivity index (χ2n) is 3.10. The third-order valence-electron chi connectivity index (χ3n) is 2.00. The molecule has 0 heterocycles. The van der Waals surface area contributed by atoms with E-state index in [2.05, 4.69) is 36.4 Å². The zero-order chi connectivity index (χ0) is 10.5. The van der Waals surface area contributed by atoms with Crippen molar-refractivity contribution in [3.05, 3.63) is 60.2 Å². The number of rotatable bonds is 3. The van der Waals surface area contributed by atoms with Crippen LogP contribution >= 0.6 is 0 Å². The van der Waals surface area contributed by atoms with Gasteiger partial charge in [-0.1, -0.05) is 0 Å². The Morgan fingerprint density at radius 1 is 0.800 bits per heavy atom. The average Bonchev–Trinajstić information content (AvgIpc) is 2.31. The van der Waals surface area contributed by atoms with Crippen molar-refractivity contribution in [2.45, 2.75) is 0 Å². The van der Waals surface area contributed by atoms with E-state index in [1.54, 1.807) is 0 Å². The van der Waals surface area contributed by atoms with Gasteiger partial charge in [0.1, 0.15) is 0 Å². The van der Waals surface area contributed by atoms with Crippen LogP contribution in [0.3, 0.4) is 0 Å². The van der Waals surface area contributed by atoms with Crippen LogP contribution < -0.4 is 7.22 Å². The van der Waals surface area contributed by atoms with E-state index in [0.29, 0.717) is 0 Å². The predicted molar refractivity (Wildman–Crippen MR) is 63.3 cm³/mol. The summed E-state index contributed by atoms with van der Waals surface area (Å²) in [6.45, 7) is 0. The van der Waals surface area contributed by atoms with Gasteiger partial charge in [0.15, 0.2) is 0 Å². The molecular formula is C13H10OTe. The first-order chi connectivity index (χ1) is 7.38.